The molecule has 0 spiro atoms. The quantitative estimate of drug-likeness (QED) is 0.790. The van der Waals surface area contributed by atoms with E-state index in [1.807, 2.05) is 4.90 Å². The van der Waals surface area contributed by atoms with Crippen molar-refractivity contribution < 1.29 is 4.79 Å². The van der Waals surface area contributed by atoms with Crippen molar-refractivity contribution in [3.63, 3.8) is 0 Å². The van der Waals surface area contributed by atoms with Gasteiger partial charge in [0.25, 0.3) is 0 Å². The fourth-order valence-corrected chi connectivity index (χ4v) is 3.48. The molecule has 1 amide bonds. The molecule has 0 radical (unpaired) electrons. The van der Waals surface area contributed by atoms with Crippen molar-refractivity contribution in [2.24, 2.45) is 5.41 Å². The molecule has 20 heavy (non-hydrogen) atoms. The maximum absolute atomic E-state index is 12.3. The summed E-state index contributed by atoms with van der Waals surface area (Å²) >= 11 is 1.78. The summed E-state index contributed by atoms with van der Waals surface area (Å²) in [5, 5.41) is 1.19. The first-order chi connectivity index (χ1) is 9.06. The maximum Gasteiger partial charge on any atom is 0.223 e. The van der Waals surface area contributed by atoms with Gasteiger partial charge in [-0.2, -0.15) is 0 Å². The molecule has 0 unspecified atom stereocenters. The zero-order chi connectivity index (χ0) is 15.1. The van der Waals surface area contributed by atoms with Gasteiger partial charge in [0.15, 0.2) is 0 Å². The van der Waals surface area contributed by atoms with Gasteiger partial charge in [-0.05, 0) is 5.41 Å². The Morgan fingerprint density at radius 1 is 1.25 bits per heavy atom. The lowest BCUT2D eigenvalue weighted by atomic mass is 9.91. The number of hydrogen-bond acceptors (Lipinski definition) is 3. The van der Waals surface area contributed by atoms with E-state index in [1.54, 1.807) is 11.3 Å². The van der Waals surface area contributed by atoms with Crippen LogP contribution in [0.1, 0.15) is 63.5 Å². The highest BCUT2D eigenvalue weighted by molar-refractivity contribution is 7.11. The molecule has 0 saturated carbocycles. The van der Waals surface area contributed by atoms with Crippen molar-refractivity contribution >= 4 is 17.2 Å². The first-order valence-electron chi connectivity index (χ1n) is 7.33. The summed E-state index contributed by atoms with van der Waals surface area (Å²) in [7, 11) is 0. The van der Waals surface area contributed by atoms with E-state index in [4.69, 9.17) is 4.98 Å². The van der Waals surface area contributed by atoms with Crippen LogP contribution in [0.4, 0.5) is 0 Å². The highest BCUT2D eigenvalue weighted by Crippen LogP contribution is 2.33. The van der Waals surface area contributed by atoms with Crippen LogP contribution >= 0.6 is 11.3 Å². The van der Waals surface area contributed by atoms with E-state index in [1.165, 1.54) is 15.6 Å². The Bertz CT molecular complexity index is 506. The number of carbonyl (C=O) groups is 1. The van der Waals surface area contributed by atoms with Crippen LogP contribution in [0, 0.1) is 5.41 Å². The van der Waals surface area contributed by atoms with Crippen LogP contribution < -0.4 is 0 Å². The number of aromatic nitrogens is 1. The van der Waals surface area contributed by atoms with Crippen molar-refractivity contribution in [3.8, 4) is 0 Å². The molecule has 0 aromatic carbocycles. The Morgan fingerprint density at radius 2 is 1.90 bits per heavy atom. The Labute approximate surface area is 126 Å². The zero-order valence-electron chi connectivity index (χ0n) is 13.5. The number of thiazole rings is 1. The van der Waals surface area contributed by atoms with Gasteiger partial charge in [-0.1, -0.05) is 41.5 Å². The number of fused-ring (bicyclic) bond motifs is 1. The second kappa shape index (κ2) is 5.14. The van der Waals surface area contributed by atoms with Crippen LogP contribution in [0.25, 0.3) is 0 Å². The summed E-state index contributed by atoms with van der Waals surface area (Å²) in [6, 6.07) is 0. The molecule has 1 aromatic heterocycles. The minimum Gasteiger partial charge on any atom is -0.337 e. The van der Waals surface area contributed by atoms with Crippen LogP contribution in [-0.4, -0.2) is 22.3 Å². The minimum atomic E-state index is 0.0572. The molecule has 2 rings (SSSR count). The Kier molecular flexibility index (Phi) is 3.98. The molecule has 0 N–H and O–H groups in total. The molecule has 4 heteroatoms. The molecular weight excluding hydrogens is 268 g/mol. The third-order valence-corrected chi connectivity index (χ3v) is 4.92. The highest BCUT2D eigenvalue weighted by atomic mass is 32.1. The van der Waals surface area contributed by atoms with Gasteiger partial charge < -0.3 is 4.90 Å². The molecule has 0 bridgehead atoms. The standard InChI is InChI=1S/C16H26N2OS/c1-15(2,3)9-13(19)18-8-7-11-12(10-18)20-14(17-11)16(4,5)6/h7-10H2,1-6H3. The van der Waals surface area contributed by atoms with E-state index in [0.29, 0.717) is 6.42 Å². The topological polar surface area (TPSA) is 33.2 Å². The molecule has 0 saturated heterocycles. The van der Waals surface area contributed by atoms with Crippen molar-refractivity contribution in [1.82, 2.24) is 9.88 Å². The molecule has 0 atom stereocenters. The first kappa shape index (κ1) is 15.5. The van der Waals surface area contributed by atoms with Crippen molar-refractivity contribution in [2.45, 2.75) is 66.3 Å². The Morgan fingerprint density at radius 3 is 2.45 bits per heavy atom. The Balaban J connectivity index is 2.11. The van der Waals surface area contributed by atoms with E-state index in [2.05, 4.69) is 41.5 Å². The van der Waals surface area contributed by atoms with Crippen LogP contribution in [-0.2, 0) is 23.2 Å². The van der Waals surface area contributed by atoms with Gasteiger partial charge in [0.05, 0.1) is 17.2 Å². The molecule has 0 aliphatic carbocycles. The lowest BCUT2D eigenvalue weighted by Crippen LogP contribution is -2.37. The summed E-state index contributed by atoms with van der Waals surface area (Å²) in [6.45, 7) is 14.5. The second-order valence-electron chi connectivity index (χ2n) is 7.94. The molecule has 1 aliphatic rings. The molecule has 1 aliphatic heterocycles. The maximum atomic E-state index is 12.3. The first-order valence-corrected chi connectivity index (χ1v) is 8.15. The van der Waals surface area contributed by atoms with Crippen molar-refractivity contribution in [2.75, 3.05) is 6.54 Å². The van der Waals surface area contributed by atoms with Gasteiger partial charge in [0.1, 0.15) is 0 Å². The zero-order valence-corrected chi connectivity index (χ0v) is 14.4. The van der Waals surface area contributed by atoms with Crippen molar-refractivity contribution in [3.05, 3.63) is 15.6 Å². The molecule has 2 heterocycles. The lowest BCUT2D eigenvalue weighted by molar-refractivity contribution is -0.133. The monoisotopic (exact) mass is 294 g/mol. The number of amides is 1. The predicted molar refractivity (Wildman–Crippen MR) is 84.0 cm³/mol. The molecule has 3 nitrogen and oxygen atoms in total. The summed E-state index contributed by atoms with van der Waals surface area (Å²) in [4.78, 5) is 20.4. The Hall–Kier alpha value is -0.900. The normalized spacial score (nSPS) is 16.2. The molecular formula is C16H26N2OS. The number of nitrogens with zero attached hydrogens (tertiary/aromatic N) is 2. The van der Waals surface area contributed by atoms with Crippen molar-refractivity contribution in [1.29, 1.82) is 0 Å². The van der Waals surface area contributed by atoms with Gasteiger partial charge >= 0.3 is 0 Å². The van der Waals surface area contributed by atoms with E-state index in [9.17, 15) is 4.79 Å². The summed E-state index contributed by atoms with van der Waals surface area (Å²) in [6.07, 6.45) is 1.52. The molecule has 0 fully saturated rings. The van der Waals surface area contributed by atoms with E-state index < -0.39 is 0 Å². The average Bonchev–Trinajstić information content (AvgIpc) is 2.68. The number of rotatable bonds is 1. The van der Waals surface area contributed by atoms with Crippen LogP contribution in [0.3, 0.4) is 0 Å². The van der Waals surface area contributed by atoms with Crippen LogP contribution in [0.15, 0.2) is 0 Å². The van der Waals surface area contributed by atoms with Gasteiger partial charge in [-0.3, -0.25) is 4.79 Å². The van der Waals surface area contributed by atoms with Gasteiger partial charge in [0, 0.05) is 29.7 Å². The van der Waals surface area contributed by atoms with Crippen LogP contribution in [0.2, 0.25) is 0 Å². The smallest absolute Gasteiger partial charge is 0.223 e. The lowest BCUT2D eigenvalue weighted by Gasteiger charge is -2.29. The van der Waals surface area contributed by atoms with E-state index in [-0.39, 0.29) is 16.7 Å². The van der Waals surface area contributed by atoms with Gasteiger partial charge in [0.2, 0.25) is 5.91 Å². The third kappa shape index (κ3) is 3.60. The second-order valence-corrected chi connectivity index (χ2v) is 9.03. The fraction of sp³-hybridized carbons (Fsp3) is 0.750. The average molecular weight is 294 g/mol. The molecule has 1 aromatic rings. The van der Waals surface area contributed by atoms with Gasteiger partial charge in [-0.25, -0.2) is 4.98 Å². The molecule has 112 valence electrons. The fourth-order valence-electron chi connectivity index (χ4n) is 2.29. The number of hydrogen-bond donors (Lipinski definition) is 0. The number of carbonyl (C=O) groups excluding carboxylic acids is 1. The van der Waals surface area contributed by atoms with E-state index in [0.717, 1.165) is 19.5 Å². The summed E-state index contributed by atoms with van der Waals surface area (Å²) in [5.74, 6) is 0.272. The summed E-state index contributed by atoms with van der Waals surface area (Å²) < 4.78 is 0. The minimum absolute atomic E-state index is 0.0572. The SMILES string of the molecule is CC(C)(C)CC(=O)N1CCc2nc(C(C)(C)C)sc2C1. The summed E-state index contributed by atoms with van der Waals surface area (Å²) in [5.41, 5.74) is 1.36. The van der Waals surface area contributed by atoms with Gasteiger partial charge in [-0.15, -0.1) is 11.3 Å². The third-order valence-electron chi connectivity index (χ3n) is 3.41. The van der Waals surface area contributed by atoms with E-state index >= 15 is 0 Å². The predicted octanol–water partition coefficient (Wildman–Crippen LogP) is 3.76. The highest BCUT2D eigenvalue weighted by Gasteiger charge is 2.28. The largest absolute Gasteiger partial charge is 0.337 e. The van der Waals surface area contributed by atoms with Crippen LogP contribution in [0.5, 0.6) is 0 Å².